The lowest BCUT2D eigenvalue weighted by atomic mass is 9.95. The first-order valence-electron chi connectivity index (χ1n) is 4.97. The molecule has 0 saturated heterocycles. The average Bonchev–Trinajstić information content (AvgIpc) is 2.27. The molecule has 4 N–H and O–H groups in total. The predicted octanol–water partition coefficient (Wildman–Crippen LogP) is 1.61. The number of benzene rings is 1. The summed E-state index contributed by atoms with van der Waals surface area (Å²) < 4.78 is 0. The molecule has 0 bridgehead atoms. The van der Waals surface area contributed by atoms with Crippen molar-refractivity contribution in [3.63, 3.8) is 0 Å². The van der Waals surface area contributed by atoms with Crippen molar-refractivity contribution in [1.29, 1.82) is 0 Å². The molecule has 0 heterocycles. The van der Waals surface area contributed by atoms with Crippen molar-refractivity contribution in [2.24, 2.45) is 10.9 Å². The highest BCUT2D eigenvalue weighted by Crippen LogP contribution is 2.25. The minimum atomic E-state index is 0.0848. The second-order valence-corrected chi connectivity index (χ2v) is 3.28. The maximum absolute atomic E-state index is 9.66. The molecule has 4 nitrogen and oxygen atoms in total. The summed E-state index contributed by atoms with van der Waals surface area (Å²) in [4.78, 5) is 0. The number of nitrogens with two attached hydrogens (primary N) is 1. The van der Waals surface area contributed by atoms with E-state index < -0.39 is 0 Å². The zero-order valence-corrected chi connectivity index (χ0v) is 8.99. The van der Waals surface area contributed by atoms with E-state index in [1.165, 1.54) is 0 Å². The Kier molecular flexibility index (Phi) is 3.55. The molecule has 1 rings (SSSR count). The maximum Gasteiger partial charge on any atom is 0.170 e. The van der Waals surface area contributed by atoms with Gasteiger partial charge in [-0.05, 0) is 36.1 Å². The summed E-state index contributed by atoms with van der Waals surface area (Å²) in [6.45, 7) is 3.94. The summed E-state index contributed by atoms with van der Waals surface area (Å²) in [7, 11) is 0. The van der Waals surface area contributed by atoms with E-state index in [-0.39, 0.29) is 11.6 Å². The fourth-order valence-electron chi connectivity index (χ4n) is 1.77. The van der Waals surface area contributed by atoms with Gasteiger partial charge in [-0.2, -0.15) is 0 Å². The monoisotopic (exact) mass is 208 g/mol. The molecule has 4 heteroatoms. The lowest BCUT2D eigenvalue weighted by Crippen LogP contribution is -2.16. The fourth-order valence-corrected chi connectivity index (χ4v) is 1.77. The van der Waals surface area contributed by atoms with Gasteiger partial charge in [0.05, 0.1) is 0 Å². The normalized spacial score (nSPS) is 11.7. The molecule has 1 aromatic rings. The molecule has 0 fully saturated rings. The SMILES string of the molecule is CCc1c(O)ccc(/C(N)=N/O)c1CC. The van der Waals surface area contributed by atoms with Gasteiger partial charge in [0.25, 0.3) is 0 Å². The molecule has 0 aromatic heterocycles. The van der Waals surface area contributed by atoms with Crippen LogP contribution in [0.1, 0.15) is 30.5 Å². The quantitative estimate of drug-likeness (QED) is 0.305. The van der Waals surface area contributed by atoms with E-state index in [1.807, 2.05) is 13.8 Å². The number of hydrogen-bond donors (Lipinski definition) is 3. The van der Waals surface area contributed by atoms with Gasteiger partial charge in [0.2, 0.25) is 0 Å². The first-order valence-corrected chi connectivity index (χ1v) is 4.97. The first-order chi connectivity index (χ1) is 7.15. The highest BCUT2D eigenvalue weighted by Gasteiger charge is 2.12. The Hall–Kier alpha value is -1.71. The molecule has 0 radical (unpaired) electrons. The predicted molar refractivity (Wildman–Crippen MR) is 59.4 cm³/mol. The summed E-state index contributed by atoms with van der Waals surface area (Å²) in [6.07, 6.45) is 1.46. The van der Waals surface area contributed by atoms with Gasteiger partial charge in [-0.25, -0.2) is 0 Å². The highest BCUT2D eigenvalue weighted by atomic mass is 16.4. The zero-order valence-electron chi connectivity index (χ0n) is 8.99. The topological polar surface area (TPSA) is 78.8 Å². The van der Waals surface area contributed by atoms with E-state index in [1.54, 1.807) is 12.1 Å². The molecule has 0 spiro atoms. The number of hydrogen-bond acceptors (Lipinski definition) is 3. The van der Waals surface area contributed by atoms with Crippen molar-refractivity contribution < 1.29 is 10.3 Å². The van der Waals surface area contributed by atoms with Crippen molar-refractivity contribution >= 4 is 5.84 Å². The van der Waals surface area contributed by atoms with E-state index >= 15 is 0 Å². The first kappa shape index (κ1) is 11.4. The van der Waals surface area contributed by atoms with Gasteiger partial charge in [0, 0.05) is 5.56 Å². The number of phenols is 1. The van der Waals surface area contributed by atoms with Crippen LogP contribution in [0.5, 0.6) is 5.75 Å². The summed E-state index contributed by atoms with van der Waals surface area (Å²) in [5, 5.41) is 21.3. The Morgan fingerprint density at radius 3 is 2.33 bits per heavy atom. The van der Waals surface area contributed by atoms with Crippen molar-refractivity contribution in [2.75, 3.05) is 0 Å². The van der Waals surface area contributed by atoms with Gasteiger partial charge >= 0.3 is 0 Å². The molecular weight excluding hydrogens is 192 g/mol. The third-order valence-electron chi connectivity index (χ3n) is 2.50. The number of rotatable bonds is 3. The number of oxime groups is 1. The lowest BCUT2D eigenvalue weighted by molar-refractivity contribution is 0.318. The fraction of sp³-hybridized carbons (Fsp3) is 0.364. The van der Waals surface area contributed by atoms with Crippen LogP contribution in [-0.4, -0.2) is 16.1 Å². The van der Waals surface area contributed by atoms with Crippen LogP contribution in [0, 0.1) is 0 Å². The third kappa shape index (κ3) is 2.03. The summed E-state index contributed by atoms with van der Waals surface area (Å²) in [5.74, 6) is 0.352. The van der Waals surface area contributed by atoms with E-state index in [0.717, 1.165) is 24.0 Å². The number of nitrogens with zero attached hydrogens (tertiary/aromatic N) is 1. The van der Waals surface area contributed by atoms with Crippen LogP contribution in [0.2, 0.25) is 0 Å². The van der Waals surface area contributed by atoms with E-state index in [9.17, 15) is 5.11 Å². The summed E-state index contributed by atoms with van der Waals surface area (Å²) in [5.41, 5.74) is 8.05. The van der Waals surface area contributed by atoms with Crippen LogP contribution in [0.4, 0.5) is 0 Å². The Morgan fingerprint density at radius 1 is 1.27 bits per heavy atom. The van der Waals surface area contributed by atoms with Crippen molar-refractivity contribution in [3.8, 4) is 5.75 Å². The van der Waals surface area contributed by atoms with Crippen molar-refractivity contribution in [2.45, 2.75) is 26.7 Å². The number of amidine groups is 1. The highest BCUT2D eigenvalue weighted by molar-refractivity contribution is 5.99. The van der Waals surface area contributed by atoms with Crippen molar-refractivity contribution in [3.05, 3.63) is 28.8 Å². The molecule has 0 amide bonds. The molecule has 0 unspecified atom stereocenters. The van der Waals surface area contributed by atoms with Crippen molar-refractivity contribution in [1.82, 2.24) is 0 Å². The summed E-state index contributed by atoms with van der Waals surface area (Å²) >= 11 is 0. The van der Waals surface area contributed by atoms with Gasteiger partial charge in [-0.1, -0.05) is 19.0 Å². The standard InChI is InChI=1S/C11H16N2O2/c1-3-7-8(4-2)10(14)6-5-9(7)11(12)13-15/h5-6,14-15H,3-4H2,1-2H3,(H2,12,13). The van der Waals surface area contributed by atoms with Gasteiger partial charge in [0.15, 0.2) is 5.84 Å². The van der Waals surface area contributed by atoms with E-state index in [0.29, 0.717) is 5.56 Å². The molecule has 1 aromatic carbocycles. The second kappa shape index (κ2) is 4.68. The number of aromatic hydroxyl groups is 1. The Labute approximate surface area is 89.0 Å². The molecule has 0 atom stereocenters. The molecule has 82 valence electrons. The Balaban J connectivity index is 3.42. The molecule has 0 aliphatic heterocycles. The molecule has 0 aliphatic rings. The third-order valence-corrected chi connectivity index (χ3v) is 2.50. The van der Waals surface area contributed by atoms with Crippen LogP contribution in [-0.2, 0) is 12.8 Å². The number of phenolic OH excluding ortho intramolecular Hbond substituents is 1. The van der Waals surface area contributed by atoms with E-state index in [2.05, 4.69) is 5.16 Å². The molecule has 0 saturated carbocycles. The van der Waals surface area contributed by atoms with Gasteiger partial charge in [0.1, 0.15) is 5.75 Å². The van der Waals surface area contributed by atoms with Gasteiger partial charge < -0.3 is 16.0 Å². The average molecular weight is 208 g/mol. The smallest absolute Gasteiger partial charge is 0.170 e. The van der Waals surface area contributed by atoms with Gasteiger partial charge in [-0.15, -0.1) is 0 Å². The van der Waals surface area contributed by atoms with Crippen LogP contribution in [0.3, 0.4) is 0 Å². The zero-order chi connectivity index (χ0) is 11.4. The van der Waals surface area contributed by atoms with Crippen LogP contribution in [0.15, 0.2) is 17.3 Å². The lowest BCUT2D eigenvalue weighted by Gasteiger charge is -2.12. The Bertz CT molecular complexity index is 386. The molecule has 15 heavy (non-hydrogen) atoms. The van der Waals surface area contributed by atoms with Crippen LogP contribution >= 0.6 is 0 Å². The molecular formula is C11H16N2O2. The minimum Gasteiger partial charge on any atom is -0.508 e. The van der Waals surface area contributed by atoms with E-state index in [4.69, 9.17) is 10.9 Å². The largest absolute Gasteiger partial charge is 0.508 e. The summed E-state index contributed by atoms with van der Waals surface area (Å²) in [6, 6.07) is 3.24. The van der Waals surface area contributed by atoms with Crippen LogP contribution < -0.4 is 5.73 Å². The van der Waals surface area contributed by atoms with Gasteiger partial charge in [-0.3, -0.25) is 0 Å². The Morgan fingerprint density at radius 2 is 1.87 bits per heavy atom. The molecule has 0 aliphatic carbocycles. The van der Waals surface area contributed by atoms with Crippen LogP contribution in [0.25, 0.3) is 0 Å². The second-order valence-electron chi connectivity index (χ2n) is 3.28. The maximum atomic E-state index is 9.66. The minimum absolute atomic E-state index is 0.0848.